The lowest BCUT2D eigenvalue weighted by Gasteiger charge is -2.04. The number of rotatable bonds is 3. The summed E-state index contributed by atoms with van der Waals surface area (Å²) in [7, 11) is 0. The Balaban J connectivity index is 2.19. The summed E-state index contributed by atoms with van der Waals surface area (Å²) in [5.74, 6) is 1.14. The molecule has 0 bridgehead atoms. The van der Waals surface area contributed by atoms with Crippen LogP contribution in [0.1, 0.15) is 12.8 Å². The zero-order valence-electron chi connectivity index (χ0n) is 6.49. The van der Waals surface area contributed by atoms with Gasteiger partial charge in [-0.05, 0) is 12.8 Å². The maximum Gasteiger partial charge on any atom is 0.104 e. The van der Waals surface area contributed by atoms with Crippen molar-refractivity contribution in [2.45, 2.75) is 18.9 Å². The van der Waals surface area contributed by atoms with Crippen LogP contribution >= 0.6 is 12.6 Å². The van der Waals surface area contributed by atoms with Crippen LogP contribution in [0, 0.1) is 0 Å². The molecule has 1 atom stereocenters. The van der Waals surface area contributed by atoms with E-state index in [4.69, 9.17) is 10.5 Å². The number of amidine groups is 1. The van der Waals surface area contributed by atoms with Crippen molar-refractivity contribution in [2.24, 2.45) is 10.7 Å². The van der Waals surface area contributed by atoms with Crippen LogP contribution < -0.4 is 5.73 Å². The smallest absolute Gasteiger partial charge is 0.104 e. The molecular formula is C7H14N2OS. The Morgan fingerprint density at radius 1 is 1.73 bits per heavy atom. The van der Waals surface area contributed by atoms with E-state index < -0.39 is 0 Å². The first-order valence-corrected chi connectivity index (χ1v) is 4.47. The lowest BCUT2D eigenvalue weighted by Crippen LogP contribution is -2.17. The van der Waals surface area contributed by atoms with Crippen molar-refractivity contribution >= 4 is 18.5 Å². The molecule has 0 aromatic heterocycles. The predicted octanol–water partition coefficient (Wildman–Crippen LogP) is 0.452. The SMILES string of the molecule is NC(CS)=NCC1CCCO1. The summed E-state index contributed by atoms with van der Waals surface area (Å²) in [4.78, 5) is 4.12. The van der Waals surface area contributed by atoms with Crippen LogP contribution in [-0.2, 0) is 4.74 Å². The third-order valence-corrected chi connectivity index (χ3v) is 2.01. The zero-order valence-corrected chi connectivity index (χ0v) is 7.39. The highest BCUT2D eigenvalue weighted by Crippen LogP contribution is 2.11. The maximum atomic E-state index is 5.47. The van der Waals surface area contributed by atoms with Crippen molar-refractivity contribution in [1.29, 1.82) is 0 Å². The molecule has 1 unspecified atom stereocenters. The summed E-state index contributed by atoms with van der Waals surface area (Å²) in [6, 6.07) is 0. The maximum absolute atomic E-state index is 5.47. The fourth-order valence-corrected chi connectivity index (χ4v) is 1.16. The molecule has 1 saturated heterocycles. The predicted molar refractivity (Wildman–Crippen MR) is 49.3 cm³/mol. The van der Waals surface area contributed by atoms with Crippen LogP contribution in [0.3, 0.4) is 0 Å². The molecule has 3 nitrogen and oxygen atoms in total. The van der Waals surface area contributed by atoms with Gasteiger partial charge in [0, 0.05) is 12.4 Å². The fourth-order valence-electron chi connectivity index (χ4n) is 1.06. The van der Waals surface area contributed by atoms with Gasteiger partial charge in [0.15, 0.2) is 0 Å². The average Bonchev–Trinajstić information content (AvgIpc) is 2.52. The molecule has 0 aromatic rings. The van der Waals surface area contributed by atoms with Crippen molar-refractivity contribution in [1.82, 2.24) is 0 Å². The molecule has 0 radical (unpaired) electrons. The molecule has 1 aliphatic heterocycles. The van der Waals surface area contributed by atoms with E-state index >= 15 is 0 Å². The molecule has 0 saturated carbocycles. The molecule has 1 heterocycles. The fraction of sp³-hybridized carbons (Fsp3) is 0.857. The van der Waals surface area contributed by atoms with Gasteiger partial charge in [-0.2, -0.15) is 12.6 Å². The second-order valence-corrected chi connectivity index (χ2v) is 2.94. The highest BCUT2D eigenvalue weighted by atomic mass is 32.1. The van der Waals surface area contributed by atoms with Gasteiger partial charge in [0.1, 0.15) is 5.84 Å². The monoisotopic (exact) mass is 174 g/mol. The number of thiol groups is 1. The summed E-state index contributed by atoms with van der Waals surface area (Å²) in [6.07, 6.45) is 2.57. The highest BCUT2D eigenvalue weighted by Gasteiger charge is 2.14. The minimum Gasteiger partial charge on any atom is -0.387 e. The van der Waals surface area contributed by atoms with Crippen LogP contribution in [-0.4, -0.2) is 30.8 Å². The average molecular weight is 174 g/mol. The van der Waals surface area contributed by atoms with Crippen LogP contribution in [0.5, 0.6) is 0 Å². The van der Waals surface area contributed by atoms with E-state index in [-0.39, 0.29) is 0 Å². The Morgan fingerprint density at radius 2 is 2.55 bits per heavy atom. The molecule has 2 N–H and O–H groups in total. The molecule has 1 rings (SSSR count). The lowest BCUT2D eigenvalue weighted by atomic mass is 10.2. The van der Waals surface area contributed by atoms with Gasteiger partial charge in [-0.15, -0.1) is 0 Å². The third kappa shape index (κ3) is 3.12. The summed E-state index contributed by atoms with van der Waals surface area (Å²) < 4.78 is 5.36. The molecule has 11 heavy (non-hydrogen) atoms. The van der Waals surface area contributed by atoms with Crippen molar-refractivity contribution in [3.8, 4) is 0 Å². The summed E-state index contributed by atoms with van der Waals surface area (Å²) >= 11 is 4.00. The van der Waals surface area contributed by atoms with Crippen LogP contribution in [0.15, 0.2) is 4.99 Å². The van der Waals surface area contributed by atoms with Gasteiger partial charge >= 0.3 is 0 Å². The van der Waals surface area contributed by atoms with Gasteiger partial charge in [-0.1, -0.05) is 0 Å². The summed E-state index contributed by atoms with van der Waals surface area (Å²) in [5, 5.41) is 0. The molecule has 0 spiro atoms. The van der Waals surface area contributed by atoms with Gasteiger partial charge in [0.2, 0.25) is 0 Å². The normalized spacial score (nSPS) is 25.9. The highest BCUT2D eigenvalue weighted by molar-refractivity contribution is 7.81. The molecule has 1 fully saturated rings. The van der Waals surface area contributed by atoms with E-state index in [1.807, 2.05) is 0 Å². The van der Waals surface area contributed by atoms with E-state index in [2.05, 4.69) is 17.6 Å². The molecular weight excluding hydrogens is 160 g/mol. The molecule has 0 amide bonds. The first-order valence-electron chi connectivity index (χ1n) is 3.84. The molecule has 64 valence electrons. The van der Waals surface area contributed by atoms with Gasteiger partial charge in [0.05, 0.1) is 12.6 Å². The number of aliphatic imine (C=N–C) groups is 1. The number of ether oxygens (including phenoxy) is 1. The minimum absolute atomic E-state index is 0.299. The second kappa shape index (κ2) is 4.62. The Kier molecular flexibility index (Phi) is 3.72. The van der Waals surface area contributed by atoms with E-state index in [1.54, 1.807) is 0 Å². The van der Waals surface area contributed by atoms with Crippen LogP contribution in [0.4, 0.5) is 0 Å². The van der Waals surface area contributed by atoms with Gasteiger partial charge < -0.3 is 10.5 Å². The van der Waals surface area contributed by atoms with Crippen LogP contribution in [0.2, 0.25) is 0 Å². The molecule has 4 heteroatoms. The van der Waals surface area contributed by atoms with E-state index in [0.717, 1.165) is 19.4 Å². The van der Waals surface area contributed by atoms with Crippen molar-refractivity contribution < 1.29 is 4.74 Å². The lowest BCUT2D eigenvalue weighted by molar-refractivity contribution is 0.118. The second-order valence-electron chi connectivity index (χ2n) is 2.63. The van der Waals surface area contributed by atoms with Gasteiger partial charge in [-0.3, -0.25) is 4.99 Å². The number of hydrogen-bond donors (Lipinski definition) is 2. The molecule has 0 aliphatic carbocycles. The Bertz CT molecular complexity index is 143. The Labute approximate surface area is 72.4 Å². The van der Waals surface area contributed by atoms with Crippen LogP contribution in [0.25, 0.3) is 0 Å². The third-order valence-electron chi connectivity index (χ3n) is 1.68. The largest absolute Gasteiger partial charge is 0.387 e. The van der Waals surface area contributed by atoms with Crippen molar-refractivity contribution in [2.75, 3.05) is 18.9 Å². The van der Waals surface area contributed by atoms with E-state index in [1.165, 1.54) is 0 Å². The van der Waals surface area contributed by atoms with Crippen molar-refractivity contribution in [3.05, 3.63) is 0 Å². The number of hydrogen-bond acceptors (Lipinski definition) is 3. The Morgan fingerprint density at radius 3 is 3.09 bits per heavy atom. The van der Waals surface area contributed by atoms with Gasteiger partial charge in [-0.25, -0.2) is 0 Å². The van der Waals surface area contributed by atoms with E-state index in [9.17, 15) is 0 Å². The first-order chi connectivity index (χ1) is 5.33. The number of nitrogens with two attached hydrogens (primary N) is 1. The number of nitrogens with zero attached hydrogens (tertiary/aromatic N) is 1. The first kappa shape index (κ1) is 8.87. The van der Waals surface area contributed by atoms with E-state index in [0.29, 0.717) is 24.2 Å². The Hall–Kier alpha value is -0.220. The van der Waals surface area contributed by atoms with Gasteiger partial charge in [0.25, 0.3) is 0 Å². The molecule has 1 aliphatic rings. The minimum atomic E-state index is 0.299. The summed E-state index contributed by atoms with van der Waals surface area (Å²) in [5.41, 5.74) is 5.47. The zero-order chi connectivity index (χ0) is 8.10. The topological polar surface area (TPSA) is 47.6 Å². The quantitative estimate of drug-likeness (QED) is 0.371. The standard InChI is InChI=1S/C7H14N2OS/c8-7(5-11)9-4-6-2-1-3-10-6/h6,11H,1-5H2,(H2,8,9). The molecule has 0 aromatic carbocycles. The van der Waals surface area contributed by atoms with Crippen molar-refractivity contribution in [3.63, 3.8) is 0 Å². The summed E-state index contributed by atoms with van der Waals surface area (Å²) in [6.45, 7) is 1.58.